The van der Waals surface area contributed by atoms with Gasteiger partial charge in [-0.2, -0.15) is 0 Å². The van der Waals surface area contributed by atoms with Crippen molar-refractivity contribution in [3.63, 3.8) is 0 Å². The number of likely N-dealkylation sites (N-methyl/N-ethyl adjacent to an activating group) is 2. The van der Waals surface area contributed by atoms with E-state index in [9.17, 15) is 47.9 Å². The van der Waals surface area contributed by atoms with E-state index >= 15 is 0 Å². The number of carbonyl (C=O) groups excluding carboxylic acids is 7. The van der Waals surface area contributed by atoms with Gasteiger partial charge in [0.15, 0.2) is 11.5 Å². The first kappa shape index (κ1) is 68.3. The van der Waals surface area contributed by atoms with Crippen LogP contribution in [0.25, 0.3) is 21.8 Å². The third kappa shape index (κ3) is 14.3. The standard InChI is InChI=1S/C62H81Cl2N12O13PS/c1-33(2)51(72-55(79)41(69-36(5)77)11-8-9-17-65)56(80)71-42(12-10-18-66)54(78)70-40-15-13-37(14-16-40)29-87-59(83)73(6)19-20-74(7)60(91)88-45-21-43-49(47-34(3)25-67-52(45)47)38(23-63)27-75(43)57(81)61-30-62(31-61,32-61)58(82)76-28-39(24-64)50-44(76)22-46(89-90(84,85)86)53-48(50)35(4)26-68-53/h13-16,21-22,25-26,33,38-39,41-42,51,67-68H,8-12,17-20,23-24,27-32,65-66H2,1-7H3,(H,69,77)(H,70,78)(H,71,80)(H,72,79)(H2,84,85,86). The van der Waals surface area contributed by atoms with Crippen LogP contribution in [0.15, 0.2) is 48.8 Å². The van der Waals surface area contributed by atoms with Crippen molar-refractivity contribution in [1.29, 1.82) is 0 Å². The number of benzene rings is 3. The minimum absolute atomic E-state index is 0.0839. The van der Waals surface area contributed by atoms with Crippen LogP contribution in [0.3, 0.4) is 0 Å². The number of phosphoric acid groups is 1. The van der Waals surface area contributed by atoms with Crippen LogP contribution in [0, 0.1) is 30.6 Å². The molecule has 25 nitrogen and oxygen atoms in total. The fraction of sp³-hybridized carbons (Fsp3) is 0.516. The molecule has 3 fully saturated rings. The molecule has 10 rings (SSSR count). The van der Waals surface area contributed by atoms with Gasteiger partial charge in [0.05, 0.1) is 33.2 Å². The number of unbranched alkanes of at least 4 members (excludes halogenated alkanes) is 1. The number of ether oxygens (including phenoxy) is 2. The Morgan fingerprint density at radius 1 is 0.747 bits per heavy atom. The Hall–Kier alpha value is -7.03. The van der Waals surface area contributed by atoms with E-state index in [1.54, 1.807) is 79.2 Å². The highest BCUT2D eigenvalue weighted by atomic mass is 35.5. The number of aromatic amines is 2. The average molecular weight is 1340 g/mol. The molecule has 5 unspecified atom stereocenters. The second-order valence-corrected chi connectivity index (χ2v) is 27.1. The molecule has 492 valence electrons. The molecular formula is C62H81Cl2N12O13PS. The number of amides is 7. The van der Waals surface area contributed by atoms with Gasteiger partial charge in [0.2, 0.25) is 35.4 Å². The van der Waals surface area contributed by atoms with Gasteiger partial charge in [-0.3, -0.25) is 38.6 Å². The molecule has 3 saturated carbocycles. The molecule has 12 N–H and O–H groups in total. The Morgan fingerprint density at radius 2 is 1.26 bits per heavy atom. The molecule has 4 heterocycles. The third-order valence-electron chi connectivity index (χ3n) is 17.9. The number of aromatic nitrogens is 2. The highest BCUT2D eigenvalue weighted by molar-refractivity contribution is 7.80. The molecule has 0 spiro atoms. The lowest BCUT2D eigenvalue weighted by molar-refractivity contribution is -0.205. The van der Waals surface area contributed by atoms with Crippen molar-refractivity contribution in [2.45, 2.75) is 123 Å². The first-order chi connectivity index (χ1) is 43.2. The van der Waals surface area contributed by atoms with Gasteiger partial charge in [-0.15, -0.1) is 23.2 Å². The lowest BCUT2D eigenvalue weighted by Gasteiger charge is -2.69. The highest BCUT2D eigenvalue weighted by Crippen LogP contribution is 2.75. The normalized spacial score (nSPS) is 19.8. The maximum Gasteiger partial charge on any atom is 0.524 e. The SMILES string of the molecule is CC(=O)NC(CCCCN)C(=O)NC(C(=O)NC(CCCN)C(=O)Nc1ccc(COC(=O)N(C)CCN(C)C(=S)Oc2cc3c(c4c(C)c[nH]c24)C(CCl)CN3C(=O)C23CC(C(=O)N4CC(CCl)c5c4cc(OP(=O)(O)O)c4[nH]cc(C)c54)(C2)C3)cc1)C(C)C. The molecule has 0 saturated heterocycles. The van der Waals surface area contributed by atoms with Crippen LogP contribution < -0.4 is 51.8 Å². The zero-order valence-corrected chi connectivity index (χ0v) is 55.3. The molecule has 0 radical (unpaired) electrons. The number of nitrogens with zero attached hydrogens (tertiary/aromatic N) is 4. The van der Waals surface area contributed by atoms with Gasteiger partial charge in [-0.25, -0.2) is 9.36 Å². The fourth-order valence-electron chi connectivity index (χ4n) is 13.2. The molecule has 2 aliphatic heterocycles. The predicted octanol–water partition coefficient (Wildman–Crippen LogP) is 6.75. The van der Waals surface area contributed by atoms with Crippen LogP contribution in [-0.2, 0) is 44.7 Å². The van der Waals surface area contributed by atoms with Gasteiger partial charge >= 0.3 is 13.9 Å². The Kier molecular flexibility index (Phi) is 21.1. The molecule has 91 heavy (non-hydrogen) atoms. The van der Waals surface area contributed by atoms with E-state index in [1.807, 2.05) is 20.0 Å². The van der Waals surface area contributed by atoms with Gasteiger partial charge in [0, 0.05) is 112 Å². The molecule has 2 aromatic heterocycles. The van der Waals surface area contributed by atoms with E-state index in [2.05, 4.69) is 31.2 Å². The Morgan fingerprint density at radius 3 is 1.78 bits per heavy atom. The number of nitrogens with two attached hydrogens (primary N) is 2. The number of nitrogens with one attached hydrogen (secondary N) is 6. The summed E-state index contributed by atoms with van der Waals surface area (Å²) in [6.07, 6.45) is 6.16. The smallest absolute Gasteiger partial charge is 0.445 e. The molecular weight excluding hydrogens is 1250 g/mol. The zero-order valence-electron chi connectivity index (χ0n) is 52.0. The second-order valence-electron chi connectivity index (χ2n) is 25.0. The van der Waals surface area contributed by atoms with Crippen molar-refractivity contribution < 1.29 is 61.9 Å². The second kappa shape index (κ2) is 28.1. The van der Waals surface area contributed by atoms with Crippen LogP contribution >= 0.6 is 43.2 Å². The summed E-state index contributed by atoms with van der Waals surface area (Å²) in [7, 11) is -1.66. The fourth-order valence-corrected chi connectivity index (χ4v) is 14.3. The summed E-state index contributed by atoms with van der Waals surface area (Å²) in [4.78, 5) is 128. The van der Waals surface area contributed by atoms with E-state index in [4.69, 9.17) is 60.9 Å². The largest absolute Gasteiger partial charge is 0.524 e. The maximum atomic E-state index is 15.0. The van der Waals surface area contributed by atoms with Crippen molar-refractivity contribution in [3.05, 3.63) is 76.6 Å². The quantitative estimate of drug-likeness (QED) is 0.0112. The maximum absolute atomic E-state index is 15.0. The number of hydrogen-bond acceptors (Lipinski definition) is 14. The predicted molar refractivity (Wildman–Crippen MR) is 350 cm³/mol. The van der Waals surface area contributed by atoms with Crippen molar-refractivity contribution in [1.82, 2.24) is 35.7 Å². The highest BCUT2D eigenvalue weighted by Gasteiger charge is 2.76. The van der Waals surface area contributed by atoms with Crippen LogP contribution in [0.5, 0.6) is 11.5 Å². The van der Waals surface area contributed by atoms with Gasteiger partial charge in [0.25, 0.3) is 5.17 Å². The summed E-state index contributed by atoms with van der Waals surface area (Å²) < 4.78 is 29.3. The number of carbonyl (C=O) groups is 7. The van der Waals surface area contributed by atoms with E-state index in [1.165, 1.54) is 17.9 Å². The summed E-state index contributed by atoms with van der Waals surface area (Å²) in [5.74, 6) is -2.39. The van der Waals surface area contributed by atoms with Crippen molar-refractivity contribution in [3.8, 4) is 11.5 Å². The number of fused-ring (bicyclic) bond motifs is 6. The van der Waals surface area contributed by atoms with E-state index in [0.29, 0.717) is 103 Å². The number of phosphoric ester groups is 1. The molecule has 5 atom stereocenters. The molecule has 5 aliphatic rings. The number of thiocarbonyl (C=S) groups is 1. The summed E-state index contributed by atoms with van der Waals surface area (Å²) >= 11 is 19.0. The van der Waals surface area contributed by atoms with Crippen molar-refractivity contribution >= 4 is 129 Å². The molecule has 3 aliphatic carbocycles. The number of halogens is 2. The monoisotopic (exact) mass is 1330 g/mol. The number of anilines is 3. The lowest BCUT2D eigenvalue weighted by Crippen LogP contribution is -2.73. The summed E-state index contributed by atoms with van der Waals surface area (Å²) in [5, 5.41) is 12.7. The van der Waals surface area contributed by atoms with Crippen LogP contribution in [0.4, 0.5) is 21.9 Å². The Balaban J connectivity index is 0.783. The van der Waals surface area contributed by atoms with E-state index < -0.39 is 60.6 Å². The van der Waals surface area contributed by atoms with Gasteiger partial charge in [-0.1, -0.05) is 26.0 Å². The molecule has 29 heteroatoms. The lowest BCUT2D eigenvalue weighted by atomic mass is 9.34. The van der Waals surface area contributed by atoms with Crippen molar-refractivity contribution in [2.24, 2.45) is 28.2 Å². The molecule has 2 bridgehead atoms. The molecule has 7 amide bonds. The Bertz CT molecular complexity index is 3670. The topological polar surface area (TPSA) is 349 Å². The summed E-state index contributed by atoms with van der Waals surface area (Å²) in [5.41, 5.74) is 16.4. The summed E-state index contributed by atoms with van der Waals surface area (Å²) in [6, 6.07) is 7.08. The van der Waals surface area contributed by atoms with E-state index in [-0.39, 0.29) is 97.4 Å². The van der Waals surface area contributed by atoms with Crippen molar-refractivity contribution in [2.75, 3.05) is 80.2 Å². The summed E-state index contributed by atoms with van der Waals surface area (Å²) in [6.45, 7) is 10.3. The van der Waals surface area contributed by atoms with Gasteiger partial charge < -0.3 is 76.3 Å². The third-order valence-corrected chi connectivity index (χ3v) is 19.5. The minimum atomic E-state index is -4.98. The van der Waals surface area contributed by atoms with Crippen LogP contribution in [0.2, 0.25) is 0 Å². The van der Waals surface area contributed by atoms with Crippen LogP contribution in [0.1, 0.15) is 112 Å². The minimum Gasteiger partial charge on any atom is -0.445 e. The molecule has 3 aromatic carbocycles. The average Bonchev–Trinajstić information content (AvgIpc) is 1.43. The zero-order chi connectivity index (χ0) is 66.0. The van der Waals surface area contributed by atoms with E-state index in [0.717, 1.165) is 27.6 Å². The molecule has 5 aromatic rings. The number of aryl methyl sites for hydroxylation is 2. The van der Waals surface area contributed by atoms with Crippen LogP contribution in [-0.4, -0.2) is 160 Å². The van der Waals surface area contributed by atoms with Gasteiger partial charge in [-0.05, 0) is 136 Å². The number of H-pyrrole nitrogens is 2. The number of hydrogen-bond donors (Lipinski definition) is 10. The Labute approximate surface area is 542 Å². The number of rotatable bonds is 27. The first-order valence-electron chi connectivity index (χ1n) is 30.5. The first-order valence-corrected chi connectivity index (χ1v) is 33.5. The van der Waals surface area contributed by atoms with Gasteiger partial charge in [0.1, 0.15) is 24.7 Å². The number of alkyl halides is 2.